The summed E-state index contributed by atoms with van der Waals surface area (Å²) in [5, 5.41) is 6.74. The Morgan fingerprint density at radius 3 is 2.24 bits per heavy atom. The second-order valence-corrected chi connectivity index (χ2v) is 11.7. The van der Waals surface area contributed by atoms with Crippen molar-refractivity contribution in [3.8, 4) is 0 Å². The van der Waals surface area contributed by atoms with Crippen LogP contribution in [0.5, 0.6) is 0 Å². The highest BCUT2D eigenvalue weighted by molar-refractivity contribution is 7.99. The van der Waals surface area contributed by atoms with Crippen LogP contribution in [0.2, 0.25) is 0 Å². The highest BCUT2D eigenvalue weighted by Crippen LogP contribution is 2.31. The predicted octanol–water partition coefficient (Wildman–Crippen LogP) is 5.10. The van der Waals surface area contributed by atoms with E-state index in [0.717, 1.165) is 10.6 Å². The van der Waals surface area contributed by atoms with Crippen molar-refractivity contribution >= 4 is 33.4 Å². The summed E-state index contributed by atoms with van der Waals surface area (Å²) >= 11 is 1.68. The fourth-order valence-corrected chi connectivity index (χ4v) is 6.77. The standard InChI is InChI=1S/C25H29N3O4S2/c1-16-5-8-23(15-17(16)2)33-22-9-6-21(7-10-22)26-25(29)20-11-13-28(14-12-20)34(30,31)24-18(3)27-32-19(24)4/h5-10,15,20H,11-14H2,1-4H3,(H,26,29). The molecular formula is C25H29N3O4S2. The monoisotopic (exact) mass is 499 g/mol. The van der Waals surface area contributed by atoms with Gasteiger partial charge in [0.2, 0.25) is 15.9 Å². The summed E-state index contributed by atoms with van der Waals surface area (Å²) in [6.45, 7) is 8.00. The minimum Gasteiger partial charge on any atom is -0.360 e. The third kappa shape index (κ3) is 5.21. The Morgan fingerprint density at radius 2 is 1.65 bits per heavy atom. The van der Waals surface area contributed by atoms with Gasteiger partial charge in [0.25, 0.3) is 0 Å². The zero-order chi connectivity index (χ0) is 24.5. The highest BCUT2D eigenvalue weighted by Gasteiger charge is 2.35. The van der Waals surface area contributed by atoms with Gasteiger partial charge in [-0.3, -0.25) is 4.79 Å². The van der Waals surface area contributed by atoms with Crippen molar-refractivity contribution in [2.45, 2.75) is 55.2 Å². The maximum absolute atomic E-state index is 13.0. The van der Waals surface area contributed by atoms with Gasteiger partial charge in [0.1, 0.15) is 10.6 Å². The summed E-state index contributed by atoms with van der Waals surface area (Å²) in [6, 6.07) is 14.2. The molecule has 1 amide bonds. The molecule has 1 aromatic heterocycles. The molecule has 2 heterocycles. The Hall–Kier alpha value is -2.62. The summed E-state index contributed by atoms with van der Waals surface area (Å²) in [6.07, 6.45) is 0.935. The Morgan fingerprint density at radius 1 is 1.00 bits per heavy atom. The van der Waals surface area contributed by atoms with E-state index in [2.05, 4.69) is 42.5 Å². The summed E-state index contributed by atoms with van der Waals surface area (Å²) in [5.74, 6) is -0.0267. The van der Waals surface area contributed by atoms with Gasteiger partial charge in [-0.2, -0.15) is 4.31 Å². The number of sulfonamides is 1. The number of nitrogens with one attached hydrogen (secondary N) is 1. The molecule has 0 unspecified atom stereocenters. The molecule has 9 heteroatoms. The molecule has 0 radical (unpaired) electrons. The number of amides is 1. The molecule has 34 heavy (non-hydrogen) atoms. The smallest absolute Gasteiger partial charge is 0.248 e. The number of hydrogen-bond donors (Lipinski definition) is 1. The molecular weight excluding hydrogens is 470 g/mol. The molecule has 180 valence electrons. The van der Waals surface area contributed by atoms with Crippen molar-refractivity contribution in [3.05, 3.63) is 65.0 Å². The average molecular weight is 500 g/mol. The van der Waals surface area contributed by atoms with Crippen LogP contribution in [0.1, 0.15) is 35.4 Å². The van der Waals surface area contributed by atoms with Crippen LogP contribution in [0.15, 0.2) is 61.7 Å². The lowest BCUT2D eigenvalue weighted by molar-refractivity contribution is -0.120. The Bertz CT molecular complexity index is 1270. The van der Waals surface area contributed by atoms with Crippen molar-refractivity contribution in [1.82, 2.24) is 9.46 Å². The van der Waals surface area contributed by atoms with E-state index in [0.29, 0.717) is 18.5 Å². The fraction of sp³-hybridized carbons (Fsp3) is 0.360. The Balaban J connectivity index is 1.33. The summed E-state index contributed by atoms with van der Waals surface area (Å²) in [5.41, 5.74) is 3.63. The quantitative estimate of drug-likeness (QED) is 0.507. The minimum absolute atomic E-state index is 0.0797. The molecule has 2 aromatic carbocycles. The average Bonchev–Trinajstić information content (AvgIpc) is 3.16. The number of benzene rings is 2. The zero-order valence-electron chi connectivity index (χ0n) is 19.8. The number of carbonyl (C=O) groups excluding carboxylic acids is 1. The maximum Gasteiger partial charge on any atom is 0.248 e. The lowest BCUT2D eigenvalue weighted by Gasteiger charge is -2.30. The molecule has 7 nitrogen and oxygen atoms in total. The summed E-state index contributed by atoms with van der Waals surface area (Å²) < 4.78 is 32.4. The number of rotatable bonds is 6. The number of aromatic nitrogens is 1. The van der Waals surface area contributed by atoms with E-state index in [1.54, 1.807) is 25.6 Å². The number of hydrogen-bond acceptors (Lipinski definition) is 6. The van der Waals surface area contributed by atoms with E-state index in [-0.39, 0.29) is 35.6 Å². The highest BCUT2D eigenvalue weighted by atomic mass is 32.2. The van der Waals surface area contributed by atoms with E-state index in [9.17, 15) is 13.2 Å². The van der Waals surface area contributed by atoms with Gasteiger partial charge in [0.15, 0.2) is 5.76 Å². The molecule has 0 saturated carbocycles. The molecule has 1 N–H and O–H groups in total. The van der Waals surface area contributed by atoms with Gasteiger partial charge in [0.05, 0.1) is 0 Å². The van der Waals surface area contributed by atoms with Crippen LogP contribution in [0.3, 0.4) is 0 Å². The van der Waals surface area contributed by atoms with Gasteiger partial charge in [0, 0.05) is 34.5 Å². The molecule has 1 aliphatic rings. The molecule has 0 spiro atoms. The third-order valence-electron chi connectivity index (χ3n) is 6.23. The molecule has 0 aliphatic carbocycles. The van der Waals surface area contributed by atoms with E-state index in [1.165, 1.54) is 20.3 Å². The minimum atomic E-state index is -3.68. The van der Waals surface area contributed by atoms with E-state index < -0.39 is 10.0 Å². The third-order valence-corrected chi connectivity index (χ3v) is 9.37. The van der Waals surface area contributed by atoms with Crippen molar-refractivity contribution in [1.29, 1.82) is 0 Å². The molecule has 1 saturated heterocycles. The Labute approximate surface area is 205 Å². The SMILES string of the molecule is Cc1ccc(Sc2ccc(NC(=O)C3CCN(S(=O)(=O)c4c(C)noc4C)CC3)cc2)cc1C. The topological polar surface area (TPSA) is 92.5 Å². The van der Waals surface area contributed by atoms with Crippen LogP contribution >= 0.6 is 11.8 Å². The summed E-state index contributed by atoms with van der Waals surface area (Å²) in [7, 11) is -3.68. The predicted molar refractivity (Wildman–Crippen MR) is 133 cm³/mol. The lowest BCUT2D eigenvalue weighted by atomic mass is 9.97. The first-order valence-corrected chi connectivity index (χ1v) is 13.5. The molecule has 4 rings (SSSR count). The van der Waals surface area contributed by atoms with Crippen LogP contribution in [0.4, 0.5) is 5.69 Å². The molecule has 1 aliphatic heterocycles. The van der Waals surface area contributed by atoms with Gasteiger partial charge in [-0.1, -0.05) is 23.0 Å². The van der Waals surface area contributed by atoms with Crippen LogP contribution in [0.25, 0.3) is 0 Å². The number of carbonyl (C=O) groups is 1. The number of piperidine rings is 1. The summed E-state index contributed by atoms with van der Waals surface area (Å²) in [4.78, 5) is 15.2. The van der Waals surface area contributed by atoms with Crippen molar-refractivity contribution < 1.29 is 17.7 Å². The molecule has 0 bridgehead atoms. The van der Waals surface area contributed by atoms with Gasteiger partial charge in [-0.25, -0.2) is 8.42 Å². The second kappa shape index (κ2) is 9.93. The number of aryl methyl sites for hydroxylation is 4. The van der Waals surface area contributed by atoms with Crippen LogP contribution in [-0.4, -0.2) is 36.9 Å². The van der Waals surface area contributed by atoms with Crippen LogP contribution < -0.4 is 5.32 Å². The lowest BCUT2D eigenvalue weighted by Crippen LogP contribution is -2.41. The van der Waals surface area contributed by atoms with E-state index in [1.807, 2.05) is 24.3 Å². The first kappa shape index (κ1) is 24.5. The maximum atomic E-state index is 13.0. The zero-order valence-corrected chi connectivity index (χ0v) is 21.4. The van der Waals surface area contributed by atoms with E-state index in [4.69, 9.17) is 4.52 Å². The first-order valence-electron chi connectivity index (χ1n) is 11.2. The van der Waals surface area contributed by atoms with Crippen molar-refractivity contribution in [2.75, 3.05) is 18.4 Å². The number of nitrogens with zero attached hydrogens (tertiary/aromatic N) is 2. The number of anilines is 1. The van der Waals surface area contributed by atoms with Gasteiger partial charge < -0.3 is 9.84 Å². The fourth-order valence-electron chi connectivity index (χ4n) is 4.09. The molecule has 3 aromatic rings. The van der Waals surface area contributed by atoms with Crippen molar-refractivity contribution in [2.24, 2.45) is 5.92 Å². The first-order chi connectivity index (χ1) is 16.1. The van der Waals surface area contributed by atoms with Gasteiger partial charge in [-0.05, 0) is 88.1 Å². The molecule has 0 atom stereocenters. The Kier molecular flexibility index (Phi) is 7.16. The van der Waals surface area contributed by atoms with Crippen LogP contribution in [0, 0.1) is 33.6 Å². The van der Waals surface area contributed by atoms with Gasteiger partial charge in [-0.15, -0.1) is 0 Å². The van der Waals surface area contributed by atoms with Crippen LogP contribution in [-0.2, 0) is 14.8 Å². The largest absolute Gasteiger partial charge is 0.360 e. The van der Waals surface area contributed by atoms with E-state index >= 15 is 0 Å². The molecule has 1 fully saturated rings. The van der Waals surface area contributed by atoms with Crippen molar-refractivity contribution in [3.63, 3.8) is 0 Å². The second-order valence-electron chi connectivity index (χ2n) is 8.69. The van der Waals surface area contributed by atoms with Gasteiger partial charge >= 0.3 is 0 Å². The normalized spacial score (nSPS) is 15.4.